The highest BCUT2D eigenvalue weighted by Crippen LogP contribution is 2.36. The predicted octanol–water partition coefficient (Wildman–Crippen LogP) is 1.96. The van der Waals surface area contributed by atoms with Crippen molar-refractivity contribution in [1.29, 1.82) is 0 Å². The third-order valence-corrected chi connectivity index (χ3v) is 5.02. The summed E-state index contributed by atoms with van der Waals surface area (Å²) in [6.45, 7) is 2.31. The third kappa shape index (κ3) is 3.06. The quantitative estimate of drug-likeness (QED) is 0.843. The molecule has 1 aliphatic heterocycles. The fourth-order valence-electron chi connectivity index (χ4n) is 3.46. The fraction of sp³-hybridized carbons (Fsp3) is 0.500. The van der Waals surface area contributed by atoms with Gasteiger partial charge in [0.15, 0.2) is 0 Å². The van der Waals surface area contributed by atoms with E-state index in [9.17, 15) is 4.79 Å². The summed E-state index contributed by atoms with van der Waals surface area (Å²) in [5.74, 6) is 0.992. The largest absolute Gasteiger partial charge is 0.340 e. The smallest absolute Gasteiger partial charge is 0.270 e. The molecule has 6 nitrogen and oxygen atoms in total. The summed E-state index contributed by atoms with van der Waals surface area (Å²) in [5.41, 5.74) is 0.840. The van der Waals surface area contributed by atoms with Gasteiger partial charge < -0.3 is 9.47 Å². The Morgan fingerprint density at radius 2 is 2.04 bits per heavy atom. The molecule has 1 saturated carbocycles. The molecule has 0 unspecified atom stereocenters. The molecule has 1 amide bonds. The number of hydrogen-bond acceptors (Lipinski definition) is 4. The molecule has 0 N–H and O–H groups in total. The van der Waals surface area contributed by atoms with E-state index in [-0.39, 0.29) is 5.91 Å². The van der Waals surface area contributed by atoms with E-state index in [0.717, 1.165) is 31.0 Å². The normalized spacial score (nSPS) is 20.8. The van der Waals surface area contributed by atoms with Gasteiger partial charge in [-0.25, -0.2) is 9.97 Å². The van der Waals surface area contributed by atoms with Gasteiger partial charge in [-0.15, -0.1) is 0 Å². The maximum atomic E-state index is 12.8. The van der Waals surface area contributed by atoms with E-state index >= 15 is 0 Å². The minimum atomic E-state index is 0.166. The van der Waals surface area contributed by atoms with E-state index in [0.29, 0.717) is 18.6 Å². The van der Waals surface area contributed by atoms with Gasteiger partial charge in [0.2, 0.25) is 0 Å². The van der Waals surface area contributed by atoms with Crippen LogP contribution in [0, 0.1) is 0 Å². The molecule has 4 rings (SSSR count). The molecule has 3 heterocycles. The van der Waals surface area contributed by atoms with Gasteiger partial charge >= 0.3 is 0 Å². The lowest BCUT2D eigenvalue weighted by atomic mass is 10.2. The maximum absolute atomic E-state index is 12.8. The van der Waals surface area contributed by atoms with Gasteiger partial charge in [0.1, 0.15) is 11.5 Å². The maximum Gasteiger partial charge on any atom is 0.270 e. The van der Waals surface area contributed by atoms with Crippen LogP contribution in [0.4, 0.5) is 0 Å². The Kier molecular flexibility index (Phi) is 4.06. The summed E-state index contributed by atoms with van der Waals surface area (Å²) >= 11 is 0. The molecule has 6 heteroatoms. The fourth-order valence-corrected chi connectivity index (χ4v) is 3.46. The number of carbonyl (C=O) groups is 1. The average Bonchev–Trinajstić information content (AvgIpc) is 3.13. The van der Waals surface area contributed by atoms with E-state index in [4.69, 9.17) is 0 Å². The summed E-state index contributed by atoms with van der Waals surface area (Å²) in [6.07, 6.45) is 8.96. The molecule has 1 saturated heterocycles. The first-order valence-electron chi connectivity index (χ1n) is 8.64. The number of amides is 1. The van der Waals surface area contributed by atoms with Gasteiger partial charge in [-0.3, -0.25) is 9.69 Å². The Hall–Kier alpha value is -2.21. The van der Waals surface area contributed by atoms with Gasteiger partial charge in [0, 0.05) is 43.8 Å². The van der Waals surface area contributed by atoms with E-state index in [2.05, 4.69) is 26.5 Å². The second-order valence-corrected chi connectivity index (χ2v) is 6.81. The van der Waals surface area contributed by atoms with Crippen molar-refractivity contribution in [3.8, 4) is 0 Å². The minimum Gasteiger partial charge on any atom is -0.340 e. The first-order chi connectivity index (χ1) is 11.7. The minimum absolute atomic E-state index is 0.166. The number of hydrogen-bond donors (Lipinski definition) is 0. The van der Waals surface area contributed by atoms with Crippen molar-refractivity contribution in [3.05, 3.63) is 48.3 Å². The summed E-state index contributed by atoms with van der Waals surface area (Å²) < 4.78 is 2.15. The molecule has 2 aliphatic rings. The molecule has 1 aliphatic carbocycles. The SMILES string of the molecule is CN(Cc1ncccn1)[C@@H]1CCN(C(=O)c2cccn2C2CC2)C1. The number of rotatable bonds is 5. The van der Waals surface area contributed by atoms with Crippen LogP contribution in [0.25, 0.3) is 0 Å². The number of aromatic nitrogens is 3. The molecule has 2 aromatic rings. The van der Waals surface area contributed by atoms with Crippen molar-refractivity contribution in [3.63, 3.8) is 0 Å². The zero-order chi connectivity index (χ0) is 16.5. The first kappa shape index (κ1) is 15.3. The van der Waals surface area contributed by atoms with Crippen LogP contribution in [-0.2, 0) is 6.54 Å². The molecule has 2 aromatic heterocycles. The Bertz CT molecular complexity index is 709. The standard InChI is InChI=1S/C18H23N5O/c1-21(13-17-19-8-3-9-20-17)15-7-11-22(12-15)18(24)16-4-2-10-23(16)14-5-6-14/h2-4,8-10,14-15H,5-7,11-13H2,1H3/t15-/m1/s1. The molecular formula is C18H23N5O. The average molecular weight is 325 g/mol. The molecule has 1 atom stereocenters. The van der Waals surface area contributed by atoms with Crippen LogP contribution in [-0.4, -0.2) is 56.4 Å². The van der Waals surface area contributed by atoms with Crippen LogP contribution in [0.15, 0.2) is 36.8 Å². The third-order valence-electron chi connectivity index (χ3n) is 5.02. The summed E-state index contributed by atoms with van der Waals surface area (Å²) in [7, 11) is 2.09. The molecule has 0 aromatic carbocycles. The molecule has 24 heavy (non-hydrogen) atoms. The van der Waals surface area contributed by atoms with Crippen molar-refractivity contribution < 1.29 is 4.79 Å². The second-order valence-electron chi connectivity index (χ2n) is 6.81. The van der Waals surface area contributed by atoms with Gasteiger partial charge in [0.05, 0.1) is 6.54 Å². The topological polar surface area (TPSA) is 54.3 Å². The van der Waals surface area contributed by atoms with Crippen LogP contribution in [0.2, 0.25) is 0 Å². The van der Waals surface area contributed by atoms with Gasteiger partial charge in [-0.1, -0.05) is 0 Å². The van der Waals surface area contributed by atoms with E-state index in [1.54, 1.807) is 12.4 Å². The van der Waals surface area contributed by atoms with Gasteiger partial charge in [0.25, 0.3) is 5.91 Å². The van der Waals surface area contributed by atoms with E-state index in [1.165, 1.54) is 12.8 Å². The second kappa shape index (κ2) is 6.36. The summed E-state index contributed by atoms with van der Waals surface area (Å²) in [4.78, 5) is 25.7. The number of carbonyl (C=O) groups excluding carboxylic acids is 1. The number of likely N-dealkylation sites (N-methyl/N-ethyl adjacent to an activating group) is 1. The van der Waals surface area contributed by atoms with Crippen LogP contribution in [0.3, 0.4) is 0 Å². The van der Waals surface area contributed by atoms with Crippen LogP contribution in [0.5, 0.6) is 0 Å². The monoisotopic (exact) mass is 325 g/mol. The molecule has 0 spiro atoms. The number of likely N-dealkylation sites (tertiary alicyclic amines) is 1. The van der Waals surface area contributed by atoms with E-state index < -0.39 is 0 Å². The first-order valence-corrected chi connectivity index (χ1v) is 8.64. The van der Waals surface area contributed by atoms with E-state index in [1.807, 2.05) is 29.3 Å². The number of nitrogens with zero attached hydrogens (tertiary/aromatic N) is 5. The molecular weight excluding hydrogens is 302 g/mol. The predicted molar refractivity (Wildman–Crippen MR) is 90.5 cm³/mol. The Morgan fingerprint density at radius 1 is 1.25 bits per heavy atom. The molecule has 0 bridgehead atoms. The Morgan fingerprint density at radius 3 is 2.79 bits per heavy atom. The lowest BCUT2D eigenvalue weighted by Gasteiger charge is -2.24. The van der Waals surface area contributed by atoms with Crippen LogP contribution < -0.4 is 0 Å². The summed E-state index contributed by atoms with van der Waals surface area (Å²) in [5, 5.41) is 0. The van der Waals surface area contributed by atoms with Crippen molar-refractivity contribution in [2.45, 2.75) is 37.9 Å². The van der Waals surface area contributed by atoms with Gasteiger partial charge in [-0.05, 0) is 44.5 Å². The van der Waals surface area contributed by atoms with Crippen molar-refractivity contribution in [1.82, 2.24) is 24.3 Å². The lowest BCUT2D eigenvalue weighted by molar-refractivity contribution is 0.0768. The highest BCUT2D eigenvalue weighted by Gasteiger charge is 2.33. The Balaban J connectivity index is 1.39. The molecule has 0 radical (unpaired) electrons. The van der Waals surface area contributed by atoms with Crippen molar-refractivity contribution >= 4 is 5.91 Å². The molecule has 126 valence electrons. The zero-order valence-corrected chi connectivity index (χ0v) is 14.0. The lowest BCUT2D eigenvalue weighted by Crippen LogP contribution is -2.37. The van der Waals surface area contributed by atoms with Crippen molar-refractivity contribution in [2.75, 3.05) is 20.1 Å². The van der Waals surface area contributed by atoms with Crippen molar-refractivity contribution in [2.24, 2.45) is 0 Å². The Labute approximate surface area is 142 Å². The van der Waals surface area contributed by atoms with Crippen LogP contribution in [0.1, 0.15) is 41.6 Å². The van der Waals surface area contributed by atoms with Crippen LogP contribution >= 0.6 is 0 Å². The highest BCUT2D eigenvalue weighted by atomic mass is 16.2. The summed E-state index contributed by atoms with van der Waals surface area (Å²) in [6, 6.07) is 6.67. The van der Waals surface area contributed by atoms with Gasteiger partial charge in [-0.2, -0.15) is 0 Å². The molecule has 2 fully saturated rings. The highest BCUT2D eigenvalue weighted by molar-refractivity contribution is 5.93. The zero-order valence-electron chi connectivity index (χ0n) is 14.0.